The summed E-state index contributed by atoms with van der Waals surface area (Å²) in [4.78, 5) is 8.74. The highest BCUT2D eigenvalue weighted by Crippen LogP contribution is 2.21. The molecule has 0 spiro atoms. The van der Waals surface area contributed by atoms with Gasteiger partial charge in [0.25, 0.3) is 0 Å². The Kier molecular flexibility index (Phi) is 5.08. The molecule has 0 amide bonds. The molecule has 0 saturated carbocycles. The Balaban J connectivity index is 1.47. The molecule has 0 unspecified atom stereocenters. The van der Waals surface area contributed by atoms with Crippen LogP contribution in [0.5, 0.6) is 0 Å². The zero-order valence-electron chi connectivity index (χ0n) is 12.5. The van der Waals surface area contributed by atoms with E-state index in [1.807, 2.05) is 12.5 Å². The van der Waals surface area contributed by atoms with Gasteiger partial charge in [0.15, 0.2) is 0 Å². The van der Waals surface area contributed by atoms with E-state index in [1.54, 1.807) is 18.3 Å². The van der Waals surface area contributed by atoms with Crippen LogP contribution in [0.1, 0.15) is 5.56 Å². The Morgan fingerprint density at radius 2 is 1.86 bits per heavy atom. The molecular formula is C16H20ClFN4. The topological polar surface area (TPSA) is 24.3 Å². The fourth-order valence-corrected chi connectivity index (χ4v) is 2.98. The van der Waals surface area contributed by atoms with Gasteiger partial charge < -0.3 is 4.57 Å². The van der Waals surface area contributed by atoms with E-state index in [4.69, 9.17) is 11.6 Å². The first kappa shape index (κ1) is 15.5. The average molecular weight is 323 g/mol. The summed E-state index contributed by atoms with van der Waals surface area (Å²) in [6.07, 6.45) is 5.63. The third-order valence-electron chi connectivity index (χ3n) is 4.14. The molecule has 22 heavy (non-hydrogen) atoms. The molecule has 1 aliphatic heterocycles. The van der Waals surface area contributed by atoms with Crippen molar-refractivity contribution in [2.75, 3.05) is 32.7 Å². The van der Waals surface area contributed by atoms with Crippen LogP contribution in [0.15, 0.2) is 36.9 Å². The van der Waals surface area contributed by atoms with Crippen molar-refractivity contribution in [2.45, 2.75) is 13.1 Å². The van der Waals surface area contributed by atoms with Crippen molar-refractivity contribution in [3.8, 4) is 0 Å². The minimum Gasteiger partial charge on any atom is -0.336 e. The lowest BCUT2D eigenvalue weighted by Gasteiger charge is -2.34. The Morgan fingerprint density at radius 1 is 1.09 bits per heavy atom. The maximum atomic E-state index is 13.8. The lowest BCUT2D eigenvalue weighted by Crippen LogP contribution is -2.46. The largest absolute Gasteiger partial charge is 0.336 e. The number of imidazole rings is 1. The third-order valence-corrected chi connectivity index (χ3v) is 4.50. The molecule has 6 heteroatoms. The summed E-state index contributed by atoms with van der Waals surface area (Å²) in [7, 11) is 0. The van der Waals surface area contributed by atoms with Gasteiger partial charge in [-0.05, 0) is 12.1 Å². The van der Waals surface area contributed by atoms with Crippen LogP contribution in [0.4, 0.5) is 4.39 Å². The van der Waals surface area contributed by atoms with Gasteiger partial charge in [-0.3, -0.25) is 9.80 Å². The highest BCUT2D eigenvalue weighted by atomic mass is 35.5. The van der Waals surface area contributed by atoms with E-state index in [0.717, 1.165) is 39.3 Å². The first-order chi connectivity index (χ1) is 10.7. The van der Waals surface area contributed by atoms with Crippen molar-refractivity contribution >= 4 is 11.6 Å². The van der Waals surface area contributed by atoms with Crippen LogP contribution in [0, 0.1) is 5.82 Å². The quantitative estimate of drug-likeness (QED) is 0.845. The predicted molar refractivity (Wildman–Crippen MR) is 85.4 cm³/mol. The van der Waals surface area contributed by atoms with Crippen molar-refractivity contribution in [3.63, 3.8) is 0 Å². The zero-order valence-corrected chi connectivity index (χ0v) is 13.2. The summed E-state index contributed by atoms with van der Waals surface area (Å²) < 4.78 is 15.9. The first-order valence-corrected chi connectivity index (χ1v) is 7.93. The standard InChI is InChI=1S/C16H20ClFN4/c17-15-2-1-3-16(18)14(15)12-21-9-6-20(7-10-21)8-11-22-5-4-19-13-22/h1-5,13H,6-12H2. The maximum Gasteiger partial charge on any atom is 0.129 e. The summed E-state index contributed by atoms with van der Waals surface area (Å²) in [5.74, 6) is -0.213. The normalized spacial score (nSPS) is 17.0. The molecule has 1 aromatic heterocycles. The van der Waals surface area contributed by atoms with E-state index in [0.29, 0.717) is 17.1 Å². The smallest absolute Gasteiger partial charge is 0.129 e. The molecular weight excluding hydrogens is 303 g/mol. The van der Waals surface area contributed by atoms with Gasteiger partial charge >= 0.3 is 0 Å². The van der Waals surface area contributed by atoms with Crippen molar-refractivity contribution < 1.29 is 4.39 Å². The number of halogens is 2. The Bertz CT molecular complexity index is 574. The van der Waals surface area contributed by atoms with Gasteiger partial charge in [-0.25, -0.2) is 9.37 Å². The van der Waals surface area contributed by atoms with Gasteiger partial charge in [-0.2, -0.15) is 0 Å². The van der Waals surface area contributed by atoms with Gasteiger partial charge in [0.1, 0.15) is 5.82 Å². The zero-order chi connectivity index (χ0) is 15.4. The molecule has 118 valence electrons. The third kappa shape index (κ3) is 3.85. The number of piperazine rings is 1. The molecule has 0 N–H and O–H groups in total. The molecule has 1 aliphatic rings. The minimum atomic E-state index is -0.213. The summed E-state index contributed by atoms with van der Waals surface area (Å²) in [6, 6.07) is 4.87. The van der Waals surface area contributed by atoms with E-state index in [1.165, 1.54) is 6.07 Å². The van der Waals surface area contributed by atoms with E-state index in [2.05, 4.69) is 19.4 Å². The number of hydrogen-bond donors (Lipinski definition) is 0. The van der Waals surface area contributed by atoms with Crippen molar-refractivity contribution in [3.05, 3.63) is 53.3 Å². The Hall–Kier alpha value is -1.43. The molecule has 0 radical (unpaired) electrons. The van der Waals surface area contributed by atoms with E-state index in [-0.39, 0.29) is 5.82 Å². The predicted octanol–water partition coefficient (Wildman–Crippen LogP) is 2.49. The number of nitrogens with zero attached hydrogens (tertiary/aromatic N) is 4. The Labute approximate surface area is 135 Å². The summed E-state index contributed by atoms with van der Waals surface area (Å²) >= 11 is 6.10. The minimum absolute atomic E-state index is 0.213. The van der Waals surface area contributed by atoms with Crippen molar-refractivity contribution in [1.82, 2.24) is 19.4 Å². The van der Waals surface area contributed by atoms with Crippen LogP contribution in [0.3, 0.4) is 0 Å². The first-order valence-electron chi connectivity index (χ1n) is 7.56. The van der Waals surface area contributed by atoms with Gasteiger partial charge in [0.2, 0.25) is 0 Å². The second-order valence-electron chi connectivity index (χ2n) is 5.62. The SMILES string of the molecule is Fc1cccc(Cl)c1CN1CCN(CCn2ccnc2)CC1. The van der Waals surface area contributed by atoms with Gasteiger partial charge in [0, 0.05) is 68.8 Å². The van der Waals surface area contributed by atoms with E-state index < -0.39 is 0 Å². The van der Waals surface area contributed by atoms with Crippen LogP contribution in [-0.2, 0) is 13.1 Å². The van der Waals surface area contributed by atoms with Crippen LogP contribution >= 0.6 is 11.6 Å². The number of rotatable bonds is 5. The molecule has 1 saturated heterocycles. The lowest BCUT2D eigenvalue weighted by atomic mass is 10.2. The molecule has 2 heterocycles. The maximum absolute atomic E-state index is 13.8. The lowest BCUT2D eigenvalue weighted by molar-refractivity contribution is 0.123. The van der Waals surface area contributed by atoms with Crippen LogP contribution in [-0.4, -0.2) is 52.1 Å². The van der Waals surface area contributed by atoms with Crippen LogP contribution in [0.2, 0.25) is 5.02 Å². The van der Waals surface area contributed by atoms with Gasteiger partial charge in [0.05, 0.1) is 6.33 Å². The van der Waals surface area contributed by atoms with Crippen molar-refractivity contribution in [1.29, 1.82) is 0 Å². The fraction of sp³-hybridized carbons (Fsp3) is 0.438. The highest BCUT2D eigenvalue weighted by Gasteiger charge is 2.19. The molecule has 1 fully saturated rings. The number of hydrogen-bond acceptors (Lipinski definition) is 3. The number of benzene rings is 1. The van der Waals surface area contributed by atoms with E-state index >= 15 is 0 Å². The molecule has 2 aromatic rings. The highest BCUT2D eigenvalue weighted by molar-refractivity contribution is 6.31. The fourth-order valence-electron chi connectivity index (χ4n) is 2.75. The monoisotopic (exact) mass is 322 g/mol. The summed E-state index contributed by atoms with van der Waals surface area (Å²) in [6.45, 7) is 6.44. The molecule has 0 atom stereocenters. The summed E-state index contributed by atoms with van der Waals surface area (Å²) in [5.41, 5.74) is 0.607. The number of aromatic nitrogens is 2. The second-order valence-corrected chi connectivity index (χ2v) is 6.03. The molecule has 3 rings (SSSR count). The van der Waals surface area contributed by atoms with Crippen LogP contribution < -0.4 is 0 Å². The average Bonchev–Trinajstić information content (AvgIpc) is 3.04. The molecule has 0 bridgehead atoms. The summed E-state index contributed by atoms with van der Waals surface area (Å²) in [5, 5.41) is 0.516. The molecule has 0 aliphatic carbocycles. The molecule has 4 nitrogen and oxygen atoms in total. The molecule has 1 aromatic carbocycles. The van der Waals surface area contributed by atoms with Gasteiger partial charge in [-0.15, -0.1) is 0 Å². The Morgan fingerprint density at radius 3 is 2.55 bits per heavy atom. The second kappa shape index (κ2) is 7.22. The van der Waals surface area contributed by atoms with Gasteiger partial charge in [-0.1, -0.05) is 17.7 Å². The van der Waals surface area contributed by atoms with Crippen molar-refractivity contribution in [2.24, 2.45) is 0 Å². The van der Waals surface area contributed by atoms with Crippen LogP contribution in [0.25, 0.3) is 0 Å². The van der Waals surface area contributed by atoms with E-state index in [9.17, 15) is 4.39 Å².